The van der Waals surface area contributed by atoms with Gasteiger partial charge in [0.25, 0.3) is 5.69 Å². The number of nitrogens with zero attached hydrogens (tertiary/aromatic N) is 3. The Hall–Kier alpha value is -2.80. The first-order chi connectivity index (χ1) is 12.0. The fraction of sp³-hybridized carbons (Fsp3) is 0.235. The van der Waals surface area contributed by atoms with Gasteiger partial charge in [-0.25, -0.2) is 0 Å². The number of carbonyl (C=O) groups excluding carboxylic acids is 1. The minimum absolute atomic E-state index is 0.0121. The molecule has 0 saturated carbocycles. The summed E-state index contributed by atoms with van der Waals surface area (Å²) in [7, 11) is 0. The van der Waals surface area contributed by atoms with Crippen LogP contribution in [0.15, 0.2) is 42.5 Å². The molecule has 1 amide bonds. The summed E-state index contributed by atoms with van der Waals surface area (Å²) in [4.78, 5) is 25.8. The standard InChI is InChI=1S/C17H17ClN4O3/c18-15-11-14(22(24)25)5-6-16(15)21-9-7-20(8-10-21)13-3-1-12(2-4-13)17(19)23/h1-6,11H,7-10H2,(H2,19,23). The molecule has 0 bridgehead atoms. The molecule has 8 heteroatoms. The number of carbonyl (C=O) groups is 1. The second kappa shape index (κ2) is 6.98. The Morgan fingerprint density at radius 1 is 1.04 bits per heavy atom. The first kappa shape index (κ1) is 17.0. The van der Waals surface area contributed by atoms with Crippen molar-refractivity contribution in [2.24, 2.45) is 5.73 Å². The first-order valence-electron chi connectivity index (χ1n) is 7.79. The second-order valence-corrected chi connectivity index (χ2v) is 6.19. The first-order valence-corrected chi connectivity index (χ1v) is 8.17. The molecule has 1 saturated heterocycles. The summed E-state index contributed by atoms with van der Waals surface area (Å²) in [5.74, 6) is -0.441. The molecule has 0 spiro atoms. The van der Waals surface area contributed by atoms with E-state index >= 15 is 0 Å². The number of piperazine rings is 1. The fourth-order valence-electron chi connectivity index (χ4n) is 2.91. The normalized spacial score (nSPS) is 14.4. The summed E-state index contributed by atoms with van der Waals surface area (Å²) in [6, 6.07) is 11.7. The van der Waals surface area contributed by atoms with Gasteiger partial charge >= 0.3 is 0 Å². The van der Waals surface area contributed by atoms with E-state index in [1.54, 1.807) is 18.2 Å². The van der Waals surface area contributed by atoms with Crippen LogP contribution >= 0.6 is 11.6 Å². The van der Waals surface area contributed by atoms with E-state index in [-0.39, 0.29) is 5.69 Å². The number of non-ortho nitro benzene ring substituents is 1. The Morgan fingerprint density at radius 3 is 2.16 bits per heavy atom. The zero-order chi connectivity index (χ0) is 18.0. The molecule has 7 nitrogen and oxygen atoms in total. The number of nitrogens with two attached hydrogens (primary N) is 1. The van der Waals surface area contributed by atoms with E-state index in [2.05, 4.69) is 9.80 Å². The van der Waals surface area contributed by atoms with Crippen molar-refractivity contribution < 1.29 is 9.72 Å². The number of benzene rings is 2. The van der Waals surface area contributed by atoms with Crippen molar-refractivity contribution in [3.8, 4) is 0 Å². The number of primary amides is 1. The summed E-state index contributed by atoms with van der Waals surface area (Å²) in [5.41, 5.74) is 7.56. The van der Waals surface area contributed by atoms with Gasteiger partial charge in [0.2, 0.25) is 5.91 Å². The lowest BCUT2D eigenvalue weighted by molar-refractivity contribution is -0.384. The summed E-state index contributed by atoms with van der Waals surface area (Å²) in [6.45, 7) is 3.05. The van der Waals surface area contributed by atoms with Crippen LogP contribution in [0, 0.1) is 10.1 Å². The topological polar surface area (TPSA) is 92.7 Å². The van der Waals surface area contributed by atoms with Crippen LogP contribution in [0.4, 0.5) is 17.1 Å². The number of anilines is 2. The van der Waals surface area contributed by atoms with E-state index in [1.807, 2.05) is 12.1 Å². The molecule has 0 radical (unpaired) electrons. The van der Waals surface area contributed by atoms with E-state index in [1.165, 1.54) is 12.1 Å². The van der Waals surface area contributed by atoms with Crippen LogP contribution in [0.5, 0.6) is 0 Å². The number of hydrogen-bond acceptors (Lipinski definition) is 5. The van der Waals surface area contributed by atoms with Gasteiger partial charge in [0.1, 0.15) is 0 Å². The molecule has 3 rings (SSSR count). The SMILES string of the molecule is NC(=O)c1ccc(N2CCN(c3ccc([N+](=O)[O-])cc3Cl)CC2)cc1. The predicted molar refractivity (Wildman–Crippen MR) is 97.5 cm³/mol. The minimum atomic E-state index is -0.455. The summed E-state index contributed by atoms with van der Waals surface area (Å²) < 4.78 is 0. The largest absolute Gasteiger partial charge is 0.368 e. The van der Waals surface area contributed by atoms with Crippen molar-refractivity contribution in [3.63, 3.8) is 0 Å². The highest BCUT2D eigenvalue weighted by Gasteiger charge is 2.20. The molecule has 2 N–H and O–H groups in total. The predicted octanol–water partition coefficient (Wildman–Crippen LogP) is 2.67. The molecule has 0 aliphatic carbocycles. The highest BCUT2D eigenvalue weighted by molar-refractivity contribution is 6.33. The number of amides is 1. The van der Waals surface area contributed by atoms with E-state index in [4.69, 9.17) is 17.3 Å². The minimum Gasteiger partial charge on any atom is -0.368 e. The van der Waals surface area contributed by atoms with Crippen LogP contribution in [0.25, 0.3) is 0 Å². The molecule has 2 aromatic carbocycles. The third-order valence-electron chi connectivity index (χ3n) is 4.28. The summed E-state index contributed by atoms with van der Waals surface area (Å²) in [6.07, 6.45) is 0. The molecule has 0 aromatic heterocycles. The van der Waals surface area contributed by atoms with Crippen LogP contribution in [0.2, 0.25) is 5.02 Å². The average Bonchev–Trinajstić information content (AvgIpc) is 2.62. The van der Waals surface area contributed by atoms with Gasteiger partial charge in [0.15, 0.2) is 0 Å². The third kappa shape index (κ3) is 3.66. The molecular weight excluding hydrogens is 344 g/mol. The lowest BCUT2D eigenvalue weighted by atomic mass is 10.1. The monoisotopic (exact) mass is 360 g/mol. The Kier molecular flexibility index (Phi) is 4.76. The Bertz CT molecular complexity index is 802. The van der Waals surface area contributed by atoms with Gasteiger partial charge in [-0.1, -0.05) is 11.6 Å². The number of halogens is 1. The van der Waals surface area contributed by atoms with Crippen molar-refractivity contribution in [2.45, 2.75) is 0 Å². The van der Waals surface area contributed by atoms with Crippen LogP contribution < -0.4 is 15.5 Å². The molecule has 0 unspecified atom stereocenters. The van der Waals surface area contributed by atoms with Crippen molar-refractivity contribution in [2.75, 3.05) is 36.0 Å². The number of rotatable bonds is 4. The third-order valence-corrected chi connectivity index (χ3v) is 4.58. The summed E-state index contributed by atoms with van der Waals surface area (Å²) in [5, 5.41) is 11.2. The maximum absolute atomic E-state index is 11.1. The van der Waals surface area contributed by atoms with Crippen LogP contribution in [0.3, 0.4) is 0 Å². The Labute approximate surface area is 149 Å². The Balaban J connectivity index is 1.67. The molecule has 130 valence electrons. The summed E-state index contributed by atoms with van der Waals surface area (Å²) >= 11 is 6.20. The highest BCUT2D eigenvalue weighted by atomic mass is 35.5. The van der Waals surface area contributed by atoms with Gasteiger partial charge in [-0.05, 0) is 30.3 Å². The van der Waals surface area contributed by atoms with E-state index in [9.17, 15) is 14.9 Å². The fourth-order valence-corrected chi connectivity index (χ4v) is 3.20. The highest BCUT2D eigenvalue weighted by Crippen LogP contribution is 2.31. The molecule has 1 fully saturated rings. The molecule has 1 heterocycles. The van der Waals surface area contributed by atoms with E-state index in [0.29, 0.717) is 10.6 Å². The zero-order valence-electron chi connectivity index (χ0n) is 13.4. The molecule has 1 aliphatic heterocycles. The average molecular weight is 361 g/mol. The van der Waals surface area contributed by atoms with Gasteiger partial charge in [-0.15, -0.1) is 0 Å². The molecule has 2 aromatic rings. The van der Waals surface area contributed by atoms with Crippen LogP contribution in [-0.2, 0) is 0 Å². The van der Waals surface area contributed by atoms with Gasteiger partial charge in [-0.3, -0.25) is 14.9 Å². The lowest BCUT2D eigenvalue weighted by Gasteiger charge is -2.37. The Morgan fingerprint density at radius 2 is 1.64 bits per heavy atom. The lowest BCUT2D eigenvalue weighted by Crippen LogP contribution is -2.46. The van der Waals surface area contributed by atoms with Gasteiger partial charge < -0.3 is 15.5 Å². The van der Waals surface area contributed by atoms with Gasteiger partial charge in [0, 0.05) is 49.6 Å². The molecular formula is C17H17ClN4O3. The van der Waals surface area contributed by atoms with Gasteiger partial charge in [-0.2, -0.15) is 0 Å². The van der Waals surface area contributed by atoms with Crippen molar-refractivity contribution in [1.82, 2.24) is 0 Å². The smallest absolute Gasteiger partial charge is 0.271 e. The maximum atomic E-state index is 11.1. The van der Waals surface area contributed by atoms with Gasteiger partial charge in [0.05, 0.1) is 15.6 Å². The molecule has 1 aliphatic rings. The van der Waals surface area contributed by atoms with Crippen molar-refractivity contribution in [3.05, 3.63) is 63.2 Å². The van der Waals surface area contributed by atoms with E-state index in [0.717, 1.165) is 37.6 Å². The number of nitro groups is 1. The van der Waals surface area contributed by atoms with Crippen molar-refractivity contribution in [1.29, 1.82) is 0 Å². The van der Waals surface area contributed by atoms with Crippen molar-refractivity contribution >= 4 is 34.6 Å². The number of nitro benzene ring substituents is 1. The maximum Gasteiger partial charge on any atom is 0.271 e. The van der Waals surface area contributed by atoms with E-state index < -0.39 is 10.8 Å². The van der Waals surface area contributed by atoms with Crippen LogP contribution in [0.1, 0.15) is 10.4 Å². The quantitative estimate of drug-likeness (QED) is 0.668. The van der Waals surface area contributed by atoms with Crippen LogP contribution in [-0.4, -0.2) is 37.0 Å². The second-order valence-electron chi connectivity index (χ2n) is 5.78. The number of hydrogen-bond donors (Lipinski definition) is 1. The zero-order valence-corrected chi connectivity index (χ0v) is 14.1. The molecule has 25 heavy (non-hydrogen) atoms. The molecule has 0 atom stereocenters.